The molecule has 0 spiro atoms. The highest BCUT2D eigenvalue weighted by atomic mass is 16.5. The molecule has 5 heteroatoms. The van der Waals surface area contributed by atoms with Crippen LogP contribution < -0.4 is 15.4 Å². The van der Waals surface area contributed by atoms with Gasteiger partial charge in [-0.2, -0.15) is 0 Å². The molecule has 0 saturated heterocycles. The third kappa shape index (κ3) is 9.18. The molecular formula is C19H30N2O3. The van der Waals surface area contributed by atoms with E-state index in [-0.39, 0.29) is 24.7 Å². The second-order valence-corrected chi connectivity index (χ2v) is 5.89. The molecule has 1 rings (SSSR count). The van der Waals surface area contributed by atoms with Crippen molar-refractivity contribution in [3.8, 4) is 5.75 Å². The van der Waals surface area contributed by atoms with E-state index in [1.54, 1.807) is 7.11 Å². The number of benzene rings is 1. The van der Waals surface area contributed by atoms with Gasteiger partial charge in [-0.3, -0.25) is 9.59 Å². The van der Waals surface area contributed by atoms with Gasteiger partial charge in [-0.25, -0.2) is 0 Å². The van der Waals surface area contributed by atoms with E-state index in [9.17, 15) is 9.59 Å². The summed E-state index contributed by atoms with van der Waals surface area (Å²) in [7, 11) is 1.62. The van der Waals surface area contributed by atoms with Gasteiger partial charge in [0.25, 0.3) is 0 Å². The minimum Gasteiger partial charge on any atom is -0.497 e. The molecule has 2 amide bonds. The van der Waals surface area contributed by atoms with Crippen LogP contribution in [0.15, 0.2) is 24.3 Å². The van der Waals surface area contributed by atoms with Crippen molar-refractivity contribution in [3.63, 3.8) is 0 Å². The van der Waals surface area contributed by atoms with Crippen molar-refractivity contribution < 1.29 is 14.3 Å². The second kappa shape index (κ2) is 12.4. The lowest BCUT2D eigenvalue weighted by molar-refractivity contribution is -0.126. The van der Waals surface area contributed by atoms with Gasteiger partial charge in [0, 0.05) is 25.9 Å². The highest BCUT2D eigenvalue weighted by molar-refractivity contribution is 5.83. The average Bonchev–Trinajstić information content (AvgIpc) is 2.61. The zero-order valence-corrected chi connectivity index (χ0v) is 14.9. The quantitative estimate of drug-likeness (QED) is 0.577. The molecule has 1 aromatic carbocycles. The number of hydrogen-bond donors (Lipinski definition) is 2. The summed E-state index contributed by atoms with van der Waals surface area (Å²) < 4.78 is 5.09. The minimum atomic E-state index is -0.107. The summed E-state index contributed by atoms with van der Waals surface area (Å²) >= 11 is 0. The van der Waals surface area contributed by atoms with Crippen LogP contribution in [0.2, 0.25) is 0 Å². The molecule has 0 bridgehead atoms. The van der Waals surface area contributed by atoms with Crippen LogP contribution in [0.1, 0.15) is 57.4 Å². The van der Waals surface area contributed by atoms with Gasteiger partial charge in [0.15, 0.2) is 0 Å². The van der Waals surface area contributed by atoms with Gasteiger partial charge in [-0.05, 0) is 24.1 Å². The number of carbonyl (C=O) groups excluding carboxylic acids is 2. The number of unbranched alkanes of at least 4 members (excludes halogenated alkanes) is 4. The molecule has 0 aliphatic carbocycles. The smallest absolute Gasteiger partial charge is 0.220 e. The number of methoxy groups -OCH3 is 1. The van der Waals surface area contributed by atoms with E-state index in [0.717, 1.165) is 24.2 Å². The summed E-state index contributed by atoms with van der Waals surface area (Å²) in [6.07, 6.45) is 6.31. The standard InChI is InChI=1S/C19H30N2O3/c1-3-4-5-6-7-14-20-18(22)12-13-19(23)21-15-16-8-10-17(24-2)11-9-16/h8-11H,3-7,12-15H2,1-2H3,(H,20,22)(H,21,23). The Morgan fingerprint density at radius 1 is 0.917 bits per heavy atom. The minimum absolute atomic E-state index is 0.0508. The van der Waals surface area contributed by atoms with Crippen LogP contribution in [0.5, 0.6) is 5.75 Å². The fourth-order valence-corrected chi connectivity index (χ4v) is 2.30. The van der Waals surface area contributed by atoms with Crippen molar-refractivity contribution in [1.82, 2.24) is 10.6 Å². The Kier molecular flexibility index (Phi) is 10.3. The molecule has 0 saturated carbocycles. The molecule has 0 radical (unpaired) electrons. The Hall–Kier alpha value is -2.04. The van der Waals surface area contributed by atoms with Crippen LogP contribution in [-0.2, 0) is 16.1 Å². The molecule has 0 heterocycles. The normalized spacial score (nSPS) is 10.2. The van der Waals surface area contributed by atoms with Gasteiger partial charge >= 0.3 is 0 Å². The highest BCUT2D eigenvalue weighted by Gasteiger charge is 2.06. The molecule has 1 aromatic rings. The van der Waals surface area contributed by atoms with E-state index < -0.39 is 0 Å². The molecular weight excluding hydrogens is 304 g/mol. The van der Waals surface area contributed by atoms with Gasteiger partial charge in [0.2, 0.25) is 11.8 Å². The molecule has 0 atom stereocenters. The highest BCUT2D eigenvalue weighted by Crippen LogP contribution is 2.11. The zero-order chi connectivity index (χ0) is 17.6. The third-order valence-corrected chi connectivity index (χ3v) is 3.83. The molecule has 24 heavy (non-hydrogen) atoms. The van der Waals surface area contributed by atoms with Gasteiger partial charge in [0.1, 0.15) is 5.75 Å². The van der Waals surface area contributed by atoms with Crippen molar-refractivity contribution in [1.29, 1.82) is 0 Å². The number of nitrogens with one attached hydrogen (secondary N) is 2. The SMILES string of the molecule is CCCCCCCNC(=O)CCC(=O)NCc1ccc(OC)cc1. The fraction of sp³-hybridized carbons (Fsp3) is 0.579. The van der Waals surface area contributed by atoms with Crippen LogP contribution in [-0.4, -0.2) is 25.5 Å². The first-order valence-electron chi connectivity index (χ1n) is 8.82. The predicted molar refractivity (Wildman–Crippen MR) is 95.8 cm³/mol. The lowest BCUT2D eigenvalue weighted by Gasteiger charge is -2.07. The van der Waals surface area contributed by atoms with E-state index in [1.165, 1.54) is 19.3 Å². The van der Waals surface area contributed by atoms with E-state index in [4.69, 9.17) is 4.74 Å². The van der Waals surface area contributed by atoms with Crippen LogP contribution in [0.25, 0.3) is 0 Å². The Morgan fingerprint density at radius 2 is 1.54 bits per heavy atom. The number of rotatable bonds is 12. The maximum atomic E-state index is 11.8. The summed E-state index contributed by atoms with van der Waals surface area (Å²) in [5.74, 6) is 0.630. The first-order valence-corrected chi connectivity index (χ1v) is 8.82. The molecule has 0 aliphatic rings. The Bertz CT molecular complexity index is 486. The molecule has 0 aliphatic heterocycles. The fourth-order valence-electron chi connectivity index (χ4n) is 2.30. The van der Waals surface area contributed by atoms with E-state index in [1.807, 2.05) is 24.3 Å². The lowest BCUT2D eigenvalue weighted by atomic mass is 10.1. The summed E-state index contributed by atoms with van der Waals surface area (Å²) in [5, 5.41) is 5.69. The van der Waals surface area contributed by atoms with Crippen molar-refractivity contribution in [2.75, 3.05) is 13.7 Å². The third-order valence-electron chi connectivity index (χ3n) is 3.83. The van der Waals surface area contributed by atoms with Crippen molar-refractivity contribution in [2.45, 2.75) is 58.4 Å². The maximum Gasteiger partial charge on any atom is 0.220 e. The summed E-state index contributed by atoms with van der Waals surface area (Å²) in [4.78, 5) is 23.5. The monoisotopic (exact) mass is 334 g/mol. The lowest BCUT2D eigenvalue weighted by Crippen LogP contribution is -2.28. The average molecular weight is 334 g/mol. The molecule has 0 unspecified atom stereocenters. The number of ether oxygens (including phenoxy) is 1. The Labute approximate surface area is 145 Å². The maximum absolute atomic E-state index is 11.8. The second-order valence-electron chi connectivity index (χ2n) is 5.89. The van der Waals surface area contributed by atoms with Crippen LogP contribution >= 0.6 is 0 Å². The number of hydrogen-bond acceptors (Lipinski definition) is 3. The van der Waals surface area contributed by atoms with Crippen LogP contribution in [0.4, 0.5) is 0 Å². The summed E-state index contributed by atoms with van der Waals surface area (Å²) in [5.41, 5.74) is 1.00. The van der Waals surface area contributed by atoms with E-state index in [0.29, 0.717) is 13.1 Å². The first-order chi connectivity index (χ1) is 11.7. The molecule has 5 nitrogen and oxygen atoms in total. The number of amides is 2. The topological polar surface area (TPSA) is 67.4 Å². The van der Waals surface area contributed by atoms with E-state index in [2.05, 4.69) is 17.6 Å². The molecule has 2 N–H and O–H groups in total. The number of carbonyl (C=O) groups is 2. The molecule has 0 aromatic heterocycles. The van der Waals surface area contributed by atoms with Gasteiger partial charge < -0.3 is 15.4 Å². The first kappa shape index (κ1) is 20.0. The van der Waals surface area contributed by atoms with Crippen molar-refractivity contribution in [3.05, 3.63) is 29.8 Å². The van der Waals surface area contributed by atoms with Crippen LogP contribution in [0.3, 0.4) is 0 Å². The van der Waals surface area contributed by atoms with Crippen molar-refractivity contribution in [2.24, 2.45) is 0 Å². The predicted octanol–water partition coefficient (Wildman–Crippen LogP) is 3.18. The van der Waals surface area contributed by atoms with Crippen LogP contribution in [0, 0.1) is 0 Å². The Balaban J connectivity index is 2.08. The Morgan fingerprint density at radius 3 is 2.17 bits per heavy atom. The largest absolute Gasteiger partial charge is 0.497 e. The molecule has 134 valence electrons. The van der Waals surface area contributed by atoms with Gasteiger partial charge in [-0.1, -0.05) is 44.7 Å². The zero-order valence-electron chi connectivity index (χ0n) is 14.9. The van der Waals surface area contributed by atoms with Gasteiger partial charge in [0.05, 0.1) is 7.11 Å². The molecule has 0 fully saturated rings. The van der Waals surface area contributed by atoms with E-state index >= 15 is 0 Å². The summed E-state index contributed by atoms with van der Waals surface area (Å²) in [6.45, 7) is 3.35. The van der Waals surface area contributed by atoms with Gasteiger partial charge in [-0.15, -0.1) is 0 Å². The van der Waals surface area contributed by atoms with Crippen molar-refractivity contribution >= 4 is 11.8 Å². The summed E-state index contributed by atoms with van der Waals surface area (Å²) in [6, 6.07) is 7.53.